The molecule has 1 aromatic heterocycles. The summed E-state index contributed by atoms with van der Waals surface area (Å²) >= 11 is 0. The first-order chi connectivity index (χ1) is 6.18. The van der Waals surface area contributed by atoms with Crippen molar-refractivity contribution in [2.24, 2.45) is 0 Å². The lowest BCUT2D eigenvalue weighted by Crippen LogP contribution is -2.24. The van der Waals surface area contributed by atoms with E-state index < -0.39 is 0 Å². The van der Waals surface area contributed by atoms with Gasteiger partial charge in [0, 0.05) is 25.3 Å². The molecule has 1 aliphatic heterocycles. The van der Waals surface area contributed by atoms with Gasteiger partial charge in [-0.1, -0.05) is 0 Å². The molecule has 2 heterocycles. The lowest BCUT2D eigenvalue weighted by Gasteiger charge is -2.18. The maximum absolute atomic E-state index is 4.41. The summed E-state index contributed by atoms with van der Waals surface area (Å²) < 4.78 is 0. The van der Waals surface area contributed by atoms with Crippen LogP contribution in [0.3, 0.4) is 0 Å². The molecule has 2 heteroatoms. The van der Waals surface area contributed by atoms with E-state index in [1.165, 1.54) is 16.8 Å². The van der Waals surface area contributed by atoms with Gasteiger partial charge in [-0.15, -0.1) is 0 Å². The molecular formula is C11H16N2. The topological polar surface area (TPSA) is 16.1 Å². The molecule has 0 aromatic carbocycles. The van der Waals surface area contributed by atoms with Crippen molar-refractivity contribution in [3.05, 3.63) is 29.1 Å². The van der Waals surface area contributed by atoms with E-state index in [0.29, 0.717) is 6.04 Å². The molecule has 0 amide bonds. The Morgan fingerprint density at radius 1 is 1.38 bits per heavy atom. The van der Waals surface area contributed by atoms with Crippen LogP contribution in [0, 0.1) is 6.92 Å². The second-order valence-electron chi connectivity index (χ2n) is 4.05. The van der Waals surface area contributed by atoms with Gasteiger partial charge in [0.25, 0.3) is 0 Å². The lowest BCUT2D eigenvalue weighted by molar-refractivity contribution is 0.226. The van der Waals surface area contributed by atoms with Gasteiger partial charge in [0.05, 0.1) is 5.69 Å². The van der Waals surface area contributed by atoms with E-state index in [1.807, 2.05) is 6.20 Å². The summed E-state index contributed by atoms with van der Waals surface area (Å²) in [6, 6.07) is 2.72. The number of aryl methyl sites for hydroxylation is 1. The first-order valence-corrected chi connectivity index (χ1v) is 4.86. The van der Waals surface area contributed by atoms with E-state index in [2.05, 4.69) is 36.7 Å². The third kappa shape index (κ3) is 1.46. The Kier molecular flexibility index (Phi) is 2.08. The second-order valence-corrected chi connectivity index (χ2v) is 4.05. The summed E-state index contributed by atoms with van der Waals surface area (Å²) in [5, 5.41) is 0. The van der Waals surface area contributed by atoms with Gasteiger partial charge in [-0.25, -0.2) is 0 Å². The van der Waals surface area contributed by atoms with Crippen molar-refractivity contribution in [2.75, 3.05) is 0 Å². The highest BCUT2D eigenvalue weighted by atomic mass is 15.2. The predicted octanol–water partition coefficient (Wildman–Crippen LogP) is 2.11. The Morgan fingerprint density at radius 2 is 2.15 bits per heavy atom. The highest BCUT2D eigenvalue weighted by Gasteiger charge is 2.22. The summed E-state index contributed by atoms with van der Waals surface area (Å²) in [4.78, 5) is 6.86. The molecule has 70 valence electrons. The zero-order valence-corrected chi connectivity index (χ0v) is 8.54. The molecular weight excluding hydrogens is 160 g/mol. The third-order valence-corrected chi connectivity index (χ3v) is 2.82. The van der Waals surface area contributed by atoms with Crippen molar-refractivity contribution in [3.63, 3.8) is 0 Å². The average molecular weight is 176 g/mol. The summed E-state index contributed by atoms with van der Waals surface area (Å²) in [6.07, 6.45) is 1.91. The van der Waals surface area contributed by atoms with Crippen LogP contribution in [0.25, 0.3) is 0 Å². The average Bonchev–Trinajstić information content (AvgIpc) is 2.49. The monoisotopic (exact) mass is 176 g/mol. The third-order valence-electron chi connectivity index (χ3n) is 2.82. The summed E-state index contributed by atoms with van der Waals surface area (Å²) in [7, 11) is 0. The quantitative estimate of drug-likeness (QED) is 0.651. The van der Waals surface area contributed by atoms with Crippen molar-refractivity contribution in [2.45, 2.75) is 39.9 Å². The molecule has 0 fully saturated rings. The second kappa shape index (κ2) is 3.11. The molecule has 2 rings (SSSR count). The number of pyridine rings is 1. The molecule has 0 saturated heterocycles. The van der Waals surface area contributed by atoms with Gasteiger partial charge in [-0.3, -0.25) is 9.88 Å². The van der Waals surface area contributed by atoms with E-state index in [9.17, 15) is 0 Å². The van der Waals surface area contributed by atoms with Crippen LogP contribution in [0.2, 0.25) is 0 Å². The molecule has 1 aromatic rings. The molecule has 1 aliphatic rings. The van der Waals surface area contributed by atoms with Crippen LogP contribution in [0.1, 0.15) is 30.7 Å². The minimum absolute atomic E-state index is 0.619. The fraction of sp³-hybridized carbons (Fsp3) is 0.545. The van der Waals surface area contributed by atoms with Gasteiger partial charge in [-0.2, -0.15) is 0 Å². The SMILES string of the molecule is Cc1ccnc2c1CN(C(C)C)C2. The molecule has 0 unspecified atom stereocenters. The van der Waals surface area contributed by atoms with Crippen LogP contribution in [0.5, 0.6) is 0 Å². The minimum Gasteiger partial charge on any atom is -0.291 e. The van der Waals surface area contributed by atoms with Gasteiger partial charge in [0.15, 0.2) is 0 Å². The standard InChI is InChI=1S/C11H16N2/c1-8(2)13-6-10-9(3)4-5-12-11(10)7-13/h4-5,8H,6-7H2,1-3H3. The van der Waals surface area contributed by atoms with E-state index in [4.69, 9.17) is 0 Å². The Hall–Kier alpha value is -0.890. The summed E-state index contributed by atoms with van der Waals surface area (Å²) in [5.74, 6) is 0. The van der Waals surface area contributed by atoms with Crippen LogP contribution in [0.4, 0.5) is 0 Å². The molecule has 0 aliphatic carbocycles. The van der Waals surface area contributed by atoms with Crippen LogP contribution in [-0.4, -0.2) is 15.9 Å². The maximum Gasteiger partial charge on any atom is 0.0591 e. The van der Waals surface area contributed by atoms with Crippen molar-refractivity contribution >= 4 is 0 Å². The largest absolute Gasteiger partial charge is 0.291 e. The number of rotatable bonds is 1. The van der Waals surface area contributed by atoms with Crippen molar-refractivity contribution in [1.82, 2.24) is 9.88 Å². The number of hydrogen-bond acceptors (Lipinski definition) is 2. The first kappa shape index (κ1) is 8.70. The number of fused-ring (bicyclic) bond motifs is 1. The van der Waals surface area contributed by atoms with Gasteiger partial charge >= 0.3 is 0 Å². The molecule has 13 heavy (non-hydrogen) atoms. The number of hydrogen-bond donors (Lipinski definition) is 0. The normalized spacial score (nSPS) is 16.6. The summed E-state index contributed by atoms with van der Waals surface area (Å²) in [5.41, 5.74) is 4.10. The molecule has 0 saturated carbocycles. The zero-order chi connectivity index (χ0) is 9.42. The Bertz CT molecular complexity index is 318. The Labute approximate surface area is 79.6 Å². The van der Waals surface area contributed by atoms with Crippen LogP contribution < -0.4 is 0 Å². The van der Waals surface area contributed by atoms with Crippen molar-refractivity contribution in [1.29, 1.82) is 0 Å². The predicted molar refractivity (Wildman–Crippen MR) is 53.4 cm³/mol. The molecule has 0 N–H and O–H groups in total. The number of aromatic nitrogens is 1. The fourth-order valence-corrected chi connectivity index (χ4v) is 1.81. The smallest absolute Gasteiger partial charge is 0.0591 e. The van der Waals surface area contributed by atoms with Gasteiger partial charge in [-0.05, 0) is 38.0 Å². The summed E-state index contributed by atoms with van der Waals surface area (Å²) in [6.45, 7) is 8.74. The van der Waals surface area contributed by atoms with E-state index in [-0.39, 0.29) is 0 Å². The van der Waals surface area contributed by atoms with Crippen molar-refractivity contribution in [3.8, 4) is 0 Å². The number of nitrogens with zero attached hydrogens (tertiary/aromatic N) is 2. The van der Waals surface area contributed by atoms with Gasteiger partial charge in [0.2, 0.25) is 0 Å². The van der Waals surface area contributed by atoms with Crippen LogP contribution >= 0.6 is 0 Å². The molecule has 2 nitrogen and oxygen atoms in total. The molecule has 0 radical (unpaired) electrons. The van der Waals surface area contributed by atoms with Gasteiger partial charge < -0.3 is 0 Å². The fourth-order valence-electron chi connectivity index (χ4n) is 1.81. The van der Waals surface area contributed by atoms with E-state index in [1.54, 1.807) is 0 Å². The highest BCUT2D eigenvalue weighted by molar-refractivity contribution is 5.31. The molecule has 0 atom stereocenters. The van der Waals surface area contributed by atoms with E-state index >= 15 is 0 Å². The lowest BCUT2D eigenvalue weighted by atomic mass is 10.1. The molecule has 0 bridgehead atoms. The zero-order valence-electron chi connectivity index (χ0n) is 8.54. The van der Waals surface area contributed by atoms with Crippen LogP contribution in [-0.2, 0) is 13.1 Å². The van der Waals surface area contributed by atoms with E-state index in [0.717, 1.165) is 13.1 Å². The maximum atomic E-state index is 4.41. The van der Waals surface area contributed by atoms with Crippen molar-refractivity contribution < 1.29 is 0 Å². The Morgan fingerprint density at radius 3 is 2.77 bits per heavy atom. The van der Waals surface area contributed by atoms with Crippen LogP contribution in [0.15, 0.2) is 12.3 Å². The minimum atomic E-state index is 0.619. The molecule has 0 spiro atoms. The highest BCUT2D eigenvalue weighted by Crippen LogP contribution is 2.24. The van der Waals surface area contributed by atoms with Gasteiger partial charge in [0.1, 0.15) is 0 Å². The Balaban J connectivity index is 2.30. The first-order valence-electron chi connectivity index (χ1n) is 4.86.